The zero-order valence-corrected chi connectivity index (χ0v) is 22.3. The third-order valence-corrected chi connectivity index (χ3v) is 6.29. The van der Waals surface area contributed by atoms with Crippen LogP contribution in [-0.4, -0.2) is 37.0 Å². The van der Waals surface area contributed by atoms with Gasteiger partial charge in [-0.3, -0.25) is 4.68 Å². The van der Waals surface area contributed by atoms with Crippen molar-refractivity contribution in [3.8, 4) is 11.4 Å². The highest BCUT2D eigenvalue weighted by atomic mass is 19.4. The van der Waals surface area contributed by atoms with Gasteiger partial charge in [-0.25, -0.2) is 23.5 Å². The maximum Gasteiger partial charge on any atom is 0.490 e. The topological polar surface area (TPSA) is 119 Å². The fourth-order valence-corrected chi connectivity index (χ4v) is 4.14. The van der Waals surface area contributed by atoms with E-state index in [1.165, 1.54) is 18.2 Å². The molecule has 0 bridgehead atoms. The van der Waals surface area contributed by atoms with Gasteiger partial charge < -0.3 is 16.2 Å². The van der Waals surface area contributed by atoms with Crippen LogP contribution in [0.2, 0.25) is 0 Å². The van der Waals surface area contributed by atoms with E-state index in [1.54, 1.807) is 36.1 Å². The van der Waals surface area contributed by atoms with Gasteiger partial charge in [0, 0.05) is 35.4 Å². The first kappa shape index (κ1) is 29.9. The molecule has 2 heterocycles. The number of aromatic nitrogens is 4. The number of nitrogen functional groups attached to an aromatic ring is 1. The lowest BCUT2D eigenvalue weighted by atomic mass is 10.0. The fourth-order valence-electron chi connectivity index (χ4n) is 4.14. The molecule has 13 heteroatoms. The lowest BCUT2D eigenvalue weighted by Gasteiger charge is -2.21. The van der Waals surface area contributed by atoms with Crippen molar-refractivity contribution < 1.29 is 31.9 Å². The van der Waals surface area contributed by atoms with Gasteiger partial charge >= 0.3 is 12.1 Å². The molecule has 0 aliphatic heterocycles. The molecular formula is C29H25F5N6O2. The Bertz CT molecular complexity index is 1720. The third kappa shape index (κ3) is 6.79. The van der Waals surface area contributed by atoms with Gasteiger partial charge in [-0.1, -0.05) is 19.1 Å². The van der Waals surface area contributed by atoms with E-state index in [2.05, 4.69) is 15.4 Å². The third-order valence-electron chi connectivity index (χ3n) is 6.29. The minimum absolute atomic E-state index is 0.338. The highest BCUT2D eigenvalue weighted by Gasteiger charge is 2.38. The van der Waals surface area contributed by atoms with Gasteiger partial charge in [-0.05, 0) is 72.0 Å². The molecule has 42 heavy (non-hydrogen) atoms. The molecule has 5 rings (SSSR count). The van der Waals surface area contributed by atoms with Crippen LogP contribution < -0.4 is 11.1 Å². The molecule has 1 unspecified atom stereocenters. The first-order valence-electron chi connectivity index (χ1n) is 12.5. The summed E-state index contributed by atoms with van der Waals surface area (Å²) in [5, 5.41) is 16.8. The summed E-state index contributed by atoms with van der Waals surface area (Å²) >= 11 is 0. The number of carboxylic acids is 1. The van der Waals surface area contributed by atoms with Crippen LogP contribution in [0.5, 0.6) is 0 Å². The monoisotopic (exact) mass is 584 g/mol. The predicted octanol–water partition coefficient (Wildman–Crippen LogP) is 6.29. The van der Waals surface area contributed by atoms with E-state index in [0.717, 1.165) is 28.4 Å². The molecule has 0 aliphatic rings. The second-order valence-corrected chi connectivity index (χ2v) is 9.15. The Kier molecular flexibility index (Phi) is 8.69. The van der Waals surface area contributed by atoms with E-state index < -0.39 is 18.2 Å². The second-order valence-electron chi connectivity index (χ2n) is 9.15. The molecule has 0 saturated heterocycles. The number of hydrogen-bond donors (Lipinski definition) is 3. The van der Waals surface area contributed by atoms with Crippen LogP contribution in [0.25, 0.3) is 22.2 Å². The molecular weight excluding hydrogens is 559 g/mol. The molecule has 0 fully saturated rings. The van der Waals surface area contributed by atoms with E-state index in [4.69, 9.17) is 20.6 Å². The molecule has 0 saturated carbocycles. The Labute approximate surface area is 236 Å². The van der Waals surface area contributed by atoms with Gasteiger partial charge in [0.15, 0.2) is 11.6 Å². The molecule has 0 amide bonds. The van der Waals surface area contributed by atoms with Crippen molar-refractivity contribution >= 4 is 28.2 Å². The molecule has 0 radical (unpaired) electrons. The van der Waals surface area contributed by atoms with Gasteiger partial charge in [-0.15, -0.1) is 0 Å². The van der Waals surface area contributed by atoms with Crippen LogP contribution in [0.1, 0.15) is 29.9 Å². The Balaban J connectivity index is 0.000000517. The van der Waals surface area contributed by atoms with Crippen molar-refractivity contribution in [1.29, 1.82) is 0 Å². The van der Waals surface area contributed by atoms with Crippen LogP contribution in [0.4, 0.5) is 33.5 Å². The van der Waals surface area contributed by atoms with Crippen molar-refractivity contribution in [2.45, 2.75) is 25.6 Å². The Morgan fingerprint density at radius 2 is 1.74 bits per heavy atom. The Hall–Kier alpha value is -5.07. The Morgan fingerprint density at radius 1 is 1.05 bits per heavy atom. The maximum absolute atomic E-state index is 15.2. The summed E-state index contributed by atoms with van der Waals surface area (Å²) in [5.41, 5.74) is 8.90. The van der Waals surface area contributed by atoms with Crippen LogP contribution in [0.15, 0.2) is 72.9 Å². The van der Waals surface area contributed by atoms with Gasteiger partial charge in [-0.2, -0.15) is 18.3 Å². The summed E-state index contributed by atoms with van der Waals surface area (Å²) < 4.78 is 62.0. The number of fused-ring (bicyclic) bond motifs is 1. The molecule has 218 valence electrons. The van der Waals surface area contributed by atoms with E-state index in [9.17, 15) is 17.6 Å². The first-order chi connectivity index (χ1) is 19.9. The number of carboxylic acid groups (broad SMARTS) is 1. The zero-order valence-electron chi connectivity index (χ0n) is 22.3. The van der Waals surface area contributed by atoms with E-state index in [1.807, 2.05) is 37.3 Å². The average molecular weight is 585 g/mol. The number of aliphatic carboxylic acids is 1. The van der Waals surface area contributed by atoms with Crippen molar-refractivity contribution in [2.75, 3.05) is 11.1 Å². The van der Waals surface area contributed by atoms with Gasteiger partial charge in [0.25, 0.3) is 0 Å². The largest absolute Gasteiger partial charge is 0.490 e. The molecule has 0 aliphatic carbocycles. The highest BCUT2D eigenvalue weighted by molar-refractivity contribution is 5.93. The van der Waals surface area contributed by atoms with Crippen molar-refractivity contribution in [1.82, 2.24) is 19.7 Å². The van der Waals surface area contributed by atoms with Crippen LogP contribution >= 0.6 is 0 Å². The number of benzene rings is 3. The number of alkyl halides is 3. The van der Waals surface area contributed by atoms with E-state index >= 15 is 4.39 Å². The maximum atomic E-state index is 15.2. The predicted molar refractivity (Wildman–Crippen MR) is 147 cm³/mol. The molecule has 2 aromatic heterocycles. The molecule has 1 atom stereocenters. The molecule has 3 aromatic carbocycles. The molecule has 4 N–H and O–H groups in total. The van der Waals surface area contributed by atoms with Crippen LogP contribution in [-0.2, 0) is 18.3 Å². The summed E-state index contributed by atoms with van der Waals surface area (Å²) in [4.78, 5) is 17.8. The van der Waals surface area contributed by atoms with E-state index in [-0.39, 0.29) is 11.6 Å². The summed E-state index contributed by atoms with van der Waals surface area (Å²) in [6.45, 7) is 2.02. The number of nitrogens with one attached hydrogen (secondary N) is 1. The number of carbonyl (C=O) groups is 1. The number of rotatable bonds is 6. The average Bonchev–Trinajstić information content (AvgIpc) is 3.33. The number of nitrogens with zero attached hydrogens (tertiary/aromatic N) is 4. The smallest absolute Gasteiger partial charge is 0.475 e. The summed E-state index contributed by atoms with van der Waals surface area (Å²) in [7, 11) is 1.76. The highest BCUT2D eigenvalue weighted by Crippen LogP contribution is 2.32. The van der Waals surface area contributed by atoms with Crippen LogP contribution in [0.3, 0.4) is 0 Å². The number of nitrogens with two attached hydrogens (primary N) is 1. The lowest BCUT2D eigenvalue weighted by Crippen LogP contribution is -2.21. The molecule has 8 nitrogen and oxygen atoms in total. The minimum atomic E-state index is -5.08. The SMILES string of the molecule is CCc1ccc(F)c(C(Nc2ccc3c(N)nccc3c2)c2nc(-c3ccc(F)cc3)nn2C)c1.O=C(O)C(F)(F)F. The fraction of sp³-hybridized carbons (Fsp3) is 0.172. The van der Waals surface area contributed by atoms with Crippen molar-refractivity contribution in [3.05, 3.63) is 102 Å². The standard InChI is InChI=1S/C27H24F2N6.C2HF3O2/c1-3-16-4-11-23(29)22(14-16)24(32-20-9-10-21-18(15-20)12-13-31-25(21)30)27-33-26(34-35(27)2)17-5-7-19(28)8-6-17;3-2(4,5)1(6)7/h4-15,24,32H,3H2,1-2H3,(H2,30,31);(H,6,7). The minimum Gasteiger partial charge on any atom is -0.475 e. The first-order valence-corrected chi connectivity index (χ1v) is 12.5. The summed E-state index contributed by atoms with van der Waals surface area (Å²) in [5.74, 6) is -2.04. The number of pyridine rings is 1. The number of halogens is 5. The Morgan fingerprint density at radius 3 is 2.38 bits per heavy atom. The van der Waals surface area contributed by atoms with Crippen molar-refractivity contribution in [3.63, 3.8) is 0 Å². The van der Waals surface area contributed by atoms with Crippen molar-refractivity contribution in [2.24, 2.45) is 7.05 Å². The normalized spacial score (nSPS) is 12.0. The quantitative estimate of drug-likeness (QED) is 0.201. The number of anilines is 2. The van der Waals surface area contributed by atoms with Gasteiger partial charge in [0.1, 0.15) is 23.5 Å². The summed E-state index contributed by atoms with van der Waals surface area (Å²) in [6, 6.07) is 18.0. The number of hydrogen-bond acceptors (Lipinski definition) is 6. The zero-order chi connectivity index (χ0) is 30.6. The van der Waals surface area contributed by atoms with Gasteiger partial charge in [0.05, 0.1) is 0 Å². The van der Waals surface area contributed by atoms with Crippen LogP contribution in [0, 0.1) is 11.6 Å². The lowest BCUT2D eigenvalue weighted by molar-refractivity contribution is -0.192. The molecule has 5 aromatic rings. The van der Waals surface area contributed by atoms with Gasteiger partial charge in [0.2, 0.25) is 0 Å². The van der Waals surface area contributed by atoms with E-state index in [0.29, 0.717) is 28.6 Å². The number of aryl methyl sites for hydroxylation is 2. The second kappa shape index (κ2) is 12.2. The molecule has 0 spiro atoms. The summed E-state index contributed by atoms with van der Waals surface area (Å²) in [6.07, 6.45) is -2.66.